The molecular formula is C11H13BrN2OS. The Hall–Kier alpha value is -0.940. The number of nitrogens with one attached hydrogen (secondary N) is 1. The lowest BCUT2D eigenvalue weighted by Crippen LogP contribution is -2.24. The molecule has 0 aliphatic carbocycles. The fraction of sp³-hybridized carbons (Fsp3) is 0.273. The molecule has 1 aromatic rings. The highest BCUT2D eigenvalue weighted by Crippen LogP contribution is 2.15. The predicted octanol–water partition coefficient (Wildman–Crippen LogP) is 2.70. The number of carbonyl (C=O) groups is 1. The lowest BCUT2D eigenvalue weighted by molar-refractivity contribution is -0.119. The van der Waals surface area contributed by atoms with E-state index in [1.807, 2.05) is 24.3 Å². The van der Waals surface area contributed by atoms with Gasteiger partial charge in [-0.15, -0.1) is 0 Å². The molecule has 0 aliphatic rings. The van der Waals surface area contributed by atoms with E-state index in [9.17, 15) is 4.79 Å². The molecule has 1 unspecified atom stereocenters. The van der Waals surface area contributed by atoms with Crippen LogP contribution in [-0.4, -0.2) is 10.9 Å². The van der Waals surface area contributed by atoms with Gasteiger partial charge in [-0.2, -0.15) is 0 Å². The maximum atomic E-state index is 11.7. The van der Waals surface area contributed by atoms with Gasteiger partial charge in [0.25, 0.3) is 0 Å². The minimum absolute atomic E-state index is 0.0740. The Morgan fingerprint density at radius 3 is 2.56 bits per heavy atom. The van der Waals surface area contributed by atoms with E-state index in [4.69, 9.17) is 18.0 Å². The van der Waals surface area contributed by atoms with E-state index >= 15 is 0 Å². The molecule has 16 heavy (non-hydrogen) atoms. The van der Waals surface area contributed by atoms with Gasteiger partial charge in [-0.05, 0) is 24.3 Å². The predicted molar refractivity (Wildman–Crippen MR) is 73.3 cm³/mol. The van der Waals surface area contributed by atoms with Crippen molar-refractivity contribution in [3.05, 3.63) is 28.7 Å². The van der Waals surface area contributed by atoms with Crippen molar-refractivity contribution < 1.29 is 4.79 Å². The van der Waals surface area contributed by atoms with E-state index in [2.05, 4.69) is 21.2 Å². The molecule has 5 heteroatoms. The summed E-state index contributed by atoms with van der Waals surface area (Å²) in [5, 5.41) is 2.80. The summed E-state index contributed by atoms with van der Waals surface area (Å²) in [6.07, 6.45) is 0.428. The first kappa shape index (κ1) is 13.1. The van der Waals surface area contributed by atoms with Gasteiger partial charge in [-0.3, -0.25) is 4.79 Å². The zero-order valence-corrected chi connectivity index (χ0v) is 11.3. The fourth-order valence-corrected chi connectivity index (χ4v) is 1.71. The first-order chi connectivity index (χ1) is 7.49. The Morgan fingerprint density at radius 2 is 2.06 bits per heavy atom. The Kier molecular flexibility index (Phi) is 4.89. The van der Waals surface area contributed by atoms with Crippen LogP contribution in [0, 0.1) is 5.92 Å². The van der Waals surface area contributed by atoms with Crippen LogP contribution in [-0.2, 0) is 4.79 Å². The third kappa shape index (κ3) is 4.28. The number of amides is 1. The summed E-state index contributed by atoms with van der Waals surface area (Å²) in [5.74, 6) is -0.281. The molecular weight excluding hydrogens is 288 g/mol. The third-order valence-electron chi connectivity index (χ3n) is 2.07. The Balaban J connectivity index is 2.57. The third-order valence-corrected chi connectivity index (χ3v) is 2.76. The van der Waals surface area contributed by atoms with Gasteiger partial charge in [0.05, 0.1) is 4.99 Å². The van der Waals surface area contributed by atoms with Crippen molar-refractivity contribution in [3.8, 4) is 0 Å². The molecule has 0 aliphatic heterocycles. The summed E-state index contributed by atoms with van der Waals surface area (Å²) >= 11 is 8.09. The van der Waals surface area contributed by atoms with E-state index in [0.717, 1.165) is 10.2 Å². The highest BCUT2D eigenvalue weighted by atomic mass is 79.9. The zero-order chi connectivity index (χ0) is 12.1. The lowest BCUT2D eigenvalue weighted by Gasteiger charge is -2.11. The highest BCUT2D eigenvalue weighted by Gasteiger charge is 2.13. The maximum absolute atomic E-state index is 11.7. The van der Waals surface area contributed by atoms with E-state index in [1.165, 1.54) is 0 Å². The topological polar surface area (TPSA) is 55.1 Å². The van der Waals surface area contributed by atoms with Crippen LogP contribution in [0.3, 0.4) is 0 Å². The number of nitrogens with two attached hydrogens (primary N) is 1. The Bertz CT molecular complexity index is 391. The fourth-order valence-electron chi connectivity index (χ4n) is 1.19. The molecule has 0 saturated carbocycles. The number of benzene rings is 1. The molecule has 1 atom stereocenters. The summed E-state index contributed by atoms with van der Waals surface area (Å²) < 4.78 is 0.974. The van der Waals surface area contributed by atoms with Crippen LogP contribution in [0.1, 0.15) is 13.3 Å². The van der Waals surface area contributed by atoms with Crippen molar-refractivity contribution in [1.29, 1.82) is 0 Å². The second kappa shape index (κ2) is 5.96. The number of halogens is 1. The Labute approximate surface area is 109 Å². The summed E-state index contributed by atoms with van der Waals surface area (Å²) in [6.45, 7) is 1.80. The van der Waals surface area contributed by atoms with Crippen molar-refractivity contribution in [2.24, 2.45) is 11.7 Å². The maximum Gasteiger partial charge on any atom is 0.227 e. The van der Waals surface area contributed by atoms with Gasteiger partial charge < -0.3 is 11.1 Å². The molecule has 0 saturated heterocycles. The second-order valence-electron chi connectivity index (χ2n) is 3.57. The van der Waals surface area contributed by atoms with Crippen molar-refractivity contribution in [2.45, 2.75) is 13.3 Å². The molecule has 86 valence electrons. The number of hydrogen-bond acceptors (Lipinski definition) is 2. The minimum Gasteiger partial charge on any atom is -0.393 e. The van der Waals surface area contributed by atoms with Crippen molar-refractivity contribution in [3.63, 3.8) is 0 Å². The number of carbonyl (C=O) groups excluding carboxylic acids is 1. The van der Waals surface area contributed by atoms with Crippen LogP contribution in [0.2, 0.25) is 0 Å². The molecule has 0 heterocycles. The summed E-state index contributed by atoms with van der Waals surface area (Å²) in [7, 11) is 0. The molecule has 1 aromatic carbocycles. The minimum atomic E-state index is -0.207. The lowest BCUT2D eigenvalue weighted by atomic mass is 10.1. The van der Waals surface area contributed by atoms with Crippen molar-refractivity contribution >= 4 is 44.7 Å². The summed E-state index contributed by atoms with van der Waals surface area (Å²) in [6, 6.07) is 7.40. The molecule has 0 aromatic heterocycles. The number of rotatable bonds is 4. The largest absolute Gasteiger partial charge is 0.393 e. The van der Waals surface area contributed by atoms with E-state index in [-0.39, 0.29) is 11.8 Å². The quantitative estimate of drug-likeness (QED) is 0.841. The molecule has 0 spiro atoms. The van der Waals surface area contributed by atoms with Gasteiger partial charge in [-0.25, -0.2) is 0 Å². The van der Waals surface area contributed by atoms with Gasteiger partial charge in [0.15, 0.2) is 0 Å². The van der Waals surface area contributed by atoms with Gasteiger partial charge in [0, 0.05) is 22.5 Å². The van der Waals surface area contributed by atoms with Crippen LogP contribution in [0.5, 0.6) is 0 Å². The average Bonchev–Trinajstić information content (AvgIpc) is 2.20. The van der Waals surface area contributed by atoms with Gasteiger partial charge in [0.2, 0.25) is 5.91 Å². The number of thiocarbonyl (C=S) groups is 1. The molecule has 0 bridgehead atoms. The van der Waals surface area contributed by atoms with Crippen molar-refractivity contribution in [2.75, 3.05) is 5.32 Å². The Morgan fingerprint density at radius 1 is 1.50 bits per heavy atom. The van der Waals surface area contributed by atoms with E-state index in [1.54, 1.807) is 6.92 Å². The first-order valence-electron chi connectivity index (χ1n) is 4.84. The van der Waals surface area contributed by atoms with Crippen LogP contribution < -0.4 is 11.1 Å². The highest BCUT2D eigenvalue weighted by molar-refractivity contribution is 9.10. The van der Waals surface area contributed by atoms with Crippen LogP contribution in [0.15, 0.2) is 28.7 Å². The number of anilines is 1. The smallest absolute Gasteiger partial charge is 0.227 e. The number of hydrogen-bond donors (Lipinski definition) is 2. The van der Waals surface area contributed by atoms with Gasteiger partial charge in [-0.1, -0.05) is 35.1 Å². The molecule has 0 radical (unpaired) electrons. The van der Waals surface area contributed by atoms with Gasteiger partial charge in [0.1, 0.15) is 0 Å². The van der Waals surface area contributed by atoms with Crippen LogP contribution in [0.25, 0.3) is 0 Å². The SMILES string of the molecule is CC(CC(N)=S)C(=O)Nc1ccc(Br)cc1. The summed E-state index contributed by atoms with van der Waals surface area (Å²) in [4.78, 5) is 12.1. The van der Waals surface area contributed by atoms with Gasteiger partial charge >= 0.3 is 0 Å². The summed E-state index contributed by atoms with van der Waals surface area (Å²) in [5.41, 5.74) is 6.16. The van der Waals surface area contributed by atoms with Crippen LogP contribution in [0.4, 0.5) is 5.69 Å². The van der Waals surface area contributed by atoms with Crippen LogP contribution >= 0.6 is 28.1 Å². The zero-order valence-electron chi connectivity index (χ0n) is 8.87. The monoisotopic (exact) mass is 300 g/mol. The molecule has 1 amide bonds. The van der Waals surface area contributed by atoms with E-state index in [0.29, 0.717) is 11.4 Å². The standard InChI is InChI=1S/C11H13BrN2OS/c1-7(6-10(13)16)11(15)14-9-4-2-8(12)3-5-9/h2-5,7H,6H2,1H3,(H2,13,16)(H,14,15). The molecule has 0 fully saturated rings. The average molecular weight is 301 g/mol. The van der Waals surface area contributed by atoms with E-state index < -0.39 is 0 Å². The molecule has 3 N–H and O–H groups in total. The molecule has 3 nitrogen and oxygen atoms in total. The first-order valence-corrected chi connectivity index (χ1v) is 6.04. The van der Waals surface area contributed by atoms with Crippen molar-refractivity contribution in [1.82, 2.24) is 0 Å². The normalized spacial score (nSPS) is 11.9. The second-order valence-corrected chi connectivity index (χ2v) is 5.01. The molecule has 1 rings (SSSR count).